The molecule has 0 spiro atoms. The SMILES string of the molecule is CCOC(=O)N1CCN(S(=O)(=O)c2ccc(F)cc2F)CC1. The maximum atomic E-state index is 13.7. The van der Waals surface area contributed by atoms with Gasteiger partial charge in [-0.05, 0) is 19.1 Å². The van der Waals surface area contributed by atoms with Gasteiger partial charge in [-0.15, -0.1) is 0 Å². The molecule has 9 heteroatoms. The number of halogens is 2. The first-order valence-corrected chi connectivity index (χ1v) is 8.17. The van der Waals surface area contributed by atoms with Crippen LogP contribution >= 0.6 is 0 Å². The van der Waals surface area contributed by atoms with Crippen molar-refractivity contribution in [2.24, 2.45) is 0 Å². The van der Waals surface area contributed by atoms with E-state index in [0.29, 0.717) is 6.07 Å². The number of carbonyl (C=O) groups excluding carboxylic acids is 1. The van der Waals surface area contributed by atoms with E-state index >= 15 is 0 Å². The highest BCUT2D eigenvalue weighted by atomic mass is 32.2. The zero-order chi connectivity index (χ0) is 16.3. The zero-order valence-electron chi connectivity index (χ0n) is 12.0. The van der Waals surface area contributed by atoms with Crippen LogP contribution in [0.3, 0.4) is 0 Å². The van der Waals surface area contributed by atoms with E-state index < -0.39 is 32.6 Å². The van der Waals surface area contributed by atoms with Gasteiger partial charge in [0.05, 0.1) is 6.61 Å². The highest BCUT2D eigenvalue weighted by Gasteiger charge is 2.32. The number of ether oxygens (including phenoxy) is 1. The maximum Gasteiger partial charge on any atom is 0.409 e. The van der Waals surface area contributed by atoms with Crippen molar-refractivity contribution < 1.29 is 26.7 Å². The van der Waals surface area contributed by atoms with Crippen LogP contribution in [0.1, 0.15) is 6.92 Å². The summed E-state index contributed by atoms with van der Waals surface area (Å²) in [6, 6.07) is 2.32. The van der Waals surface area contributed by atoms with Crippen LogP contribution in [0.15, 0.2) is 23.1 Å². The molecule has 1 fully saturated rings. The lowest BCUT2D eigenvalue weighted by Crippen LogP contribution is -2.50. The number of nitrogens with zero attached hydrogens (tertiary/aromatic N) is 2. The Morgan fingerprint density at radius 3 is 2.41 bits per heavy atom. The summed E-state index contributed by atoms with van der Waals surface area (Å²) in [5, 5.41) is 0. The summed E-state index contributed by atoms with van der Waals surface area (Å²) in [5.74, 6) is -1.98. The van der Waals surface area contributed by atoms with Crippen molar-refractivity contribution in [3.05, 3.63) is 29.8 Å². The molecule has 22 heavy (non-hydrogen) atoms. The van der Waals surface area contributed by atoms with Crippen molar-refractivity contribution >= 4 is 16.1 Å². The van der Waals surface area contributed by atoms with Crippen molar-refractivity contribution in [3.63, 3.8) is 0 Å². The third-order valence-corrected chi connectivity index (χ3v) is 5.21. The van der Waals surface area contributed by atoms with E-state index in [0.717, 1.165) is 16.4 Å². The number of rotatable bonds is 3. The number of amides is 1. The molecule has 0 unspecified atom stereocenters. The van der Waals surface area contributed by atoms with Gasteiger partial charge >= 0.3 is 6.09 Å². The summed E-state index contributed by atoms with van der Waals surface area (Å²) in [4.78, 5) is 12.4. The van der Waals surface area contributed by atoms with Crippen LogP contribution in [0.25, 0.3) is 0 Å². The first-order valence-electron chi connectivity index (χ1n) is 6.73. The molecule has 0 radical (unpaired) electrons. The topological polar surface area (TPSA) is 66.9 Å². The summed E-state index contributed by atoms with van der Waals surface area (Å²) < 4.78 is 57.2. The second kappa shape index (κ2) is 6.57. The van der Waals surface area contributed by atoms with Crippen LogP contribution in [-0.2, 0) is 14.8 Å². The average molecular weight is 334 g/mol. The van der Waals surface area contributed by atoms with Crippen LogP contribution in [0.2, 0.25) is 0 Å². The molecule has 1 saturated heterocycles. The standard InChI is InChI=1S/C13H16F2N2O4S/c1-2-21-13(18)16-5-7-17(8-6-16)22(19,20)12-4-3-10(14)9-11(12)15/h3-4,9H,2,5-8H2,1H3. The predicted molar refractivity (Wildman–Crippen MR) is 73.7 cm³/mol. The van der Waals surface area contributed by atoms with Crippen molar-refractivity contribution in [3.8, 4) is 0 Å². The van der Waals surface area contributed by atoms with Gasteiger partial charge in [-0.1, -0.05) is 0 Å². The normalized spacial score (nSPS) is 16.6. The van der Waals surface area contributed by atoms with E-state index in [9.17, 15) is 22.0 Å². The first-order chi connectivity index (χ1) is 10.4. The molecule has 0 aromatic heterocycles. The molecular formula is C13H16F2N2O4S. The molecule has 1 aliphatic rings. The van der Waals surface area contributed by atoms with Crippen LogP contribution in [0, 0.1) is 11.6 Å². The van der Waals surface area contributed by atoms with Crippen LogP contribution in [-0.4, -0.2) is 56.5 Å². The molecule has 2 rings (SSSR count). The van der Waals surface area contributed by atoms with Crippen molar-refractivity contribution in [2.45, 2.75) is 11.8 Å². The largest absolute Gasteiger partial charge is 0.450 e. The molecule has 1 aromatic rings. The fourth-order valence-electron chi connectivity index (χ4n) is 2.15. The quantitative estimate of drug-likeness (QED) is 0.839. The minimum absolute atomic E-state index is 0.0258. The summed E-state index contributed by atoms with van der Waals surface area (Å²) >= 11 is 0. The van der Waals surface area contributed by atoms with E-state index in [-0.39, 0.29) is 32.8 Å². The Hall–Kier alpha value is -1.74. The third-order valence-electron chi connectivity index (χ3n) is 3.28. The van der Waals surface area contributed by atoms with E-state index in [2.05, 4.69) is 0 Å². The molecule has 0 atom stereocenters. The summed E-state index contributed by atoms with van der Waals surface area (Å²) in [6.45, 7) is 2.27. The fourth-order valence-corrected chi connectivity index (χ4v) is 3.62. The van der Waals surface area contributed by atoms with Gasteiger partial charge in [-0.2, -0.15) is 4.31 Å². The summed E-state index contributed by atoms with van der Waals surface area (Å²) in [7, 11) is -4.06. The van der Waals surface area contributed by atoms with E-state index in [1.54, 1.807) is 6.92 Å². The molecule has 1 heterocycles. The van der Waals surface area contributed by atoms with Gasteiger partial charge in [0.15, 0.2) is 0 Å². The Bertz CT molecular complexity index is 658. The van der Waals surface area contributed by atoms with Crippen molar-refractivity contribution in [2.75, 3.05) is 32.8 Å². The minimum atomic E-state index is -4.06. The minimum Gasteiger partial charge on any atom is -0.450 e. The smallest absolute Gasteiger partial charge is 0.409 e. The predicted octanol–water partition coefficient (Wildman–Crippen LogP) is 1.43. The van der Waals surface area contributed by atoms with Gasteiger partial charge in [0.1, 0.15) is 16.5 Å². The third kappa shape index (κ3) is 3.36. The number of piperazine rings is 1. The molecule has 6 nitrogen and oxygen atoms in total. The zero-order valence-corrected chi connectivity index (χ0v) is 12.8. The Morgan fingerprint density at radius 2 is 1.86 bits per heavy atom. The molecule has 1 aliphatic heterocycles. The lowest BCUT2D eigenvalue weighted by molar-refractivity contribution is 0.0933. The molecule has 0 N–H and O–H groups in total. The molecule has 0 bridgehead atoms. The van der Waals surface area contributed by atoms with Crippen LogP contribution in [0.4, 0.5) is 13.6 Å². The Labute approximate surface area is 127 Å². The number of hydrogen-bond acceptors (Lipinski definition) is 4. The summed E-state index contributed by atoms with van der Waals surface area (Å²) in [6.07, 6.45) is -0.507. The van der Waals surface area contributed by atoms with Crippen LogP contribution < -0.4 is 0 Å². The highest BCUT2D eigenvalue weighted by Crippen LogP contribution is 2.21. The molecule has 0 aliphatic carbocycles. The van der Waals surface area contributed by atoms with E-state index in [4.69, 9.17) is 4.74 Å². The van der Waals surface area contributed by atoms with Gasteiger partial charge < -0.3 is 9.64 Å². The Morgan fingerprint density at radius 1 is 1.23 bits per heavy atom. The lowest BCUT2D eigenvalue weighted by atomic mass is 10.3. The fraction of sp³-hybridized carbons (Fsp3) is 0.462. The van der Waals surface area contributed by atoms with Gasteiger partial charge in [0, 0.05) is 32.2 Å². The van der Waals surface area contributed by atoms with Gasteiger partial charge in [0.2, 0.25) is 10.0 Å². The van der Waals surface area contributed by atoms with E-state index in [1.807, 2.05) is 0 Å². The Balaban J connectivity index is 2.11. The molecule has 0 saturated carbocycles. The number of hydrogen-bond donors (Lipinski definition) is 0. The summed E-state index contributed by atoms with van der Waals surface area (Å²) in [5.41, 5.74) is 0. The van der Waals surface area contributed by atoms with Gasteiger partial charge in [-0.25, -0.2) is 22.0 Å². The van der Waals surface area contributed by atoms with Gasteiger partial charge in [0.25, 0.3) is 0 Å². The monoisotopic (exact) mass is 334 g/mol. The first kappa shape index (κ1) is 16.6. The molecule has 1 amide bonds. The van der Waals surface area contributed by atoms with Crippen molar-refractivity contribution in [1.29, 1.82) is 0 Å². The van der Waals surface area contributed by atoms with Gasteiger partial charge in [-0.3, -0.25) is 0 Å². The number of sulfonamides is 1. The second-order valence-electron chi connectivity index (χ2n) is 4.66. The molecule has 1 aromatic carbocycles. The number of benzene rings is 1. The lowest BCUT2D eigenvalue weighted by Gasteiger charge is -2.33. The van der Waals surface area contributed by atoms with Crippen molar-refractivity contribution in [1.82, 2.24) is 9.21 Å². The number of carbonyl (C=O) groups is 1. The van der Waals surface area contributed by atoms with E-state index in [1.165, 1.54) is 4.90 Å². The maximum absolute atomic E-state index is 13.7. The second-order valence-corrected chi connectivity index (χ2v) is 6.57. The Kier molecular flexibility index (Phi) is 4.97. The van der Waals surface area contributed by atoms with Crippen LogP contribution in [0.5, 0.6) is 0 Å². The molecular weight excluding hydrogens is 318 g/mol. The molecule has 122 valence electrons. The highest BCUT2D eigenvalue weighted by molar-refractivity contribution is 7.89. The average Bonchev–Trinajstić information content (AvgIpc) is 2.47.